The molecule has 2 heterocycles. The molecule has 1 atom stereocenters. The number of aliphatic hydroxyl groups is 1. The fourth-order valence-electron chi connectivity index (χ4n) is 2.27. The zero-order chi connectivity index (χ0) is 16.1. The average Bonchev–Trinajstić information content (AvgIpc) is 3.22. The first-order chi connectivity index (χ1) is 11.2. The molecule has 0 aliphatic carbocycles. The zero-order valence-corrected chi connectivity index (χ0v) is 13.3. The molecule has 0 aliphatic rings. The number of para-hydroxylation sites is 1. The van der Waals surface area contributed by atoms with E-state index < -0.39 is 6.10 Å². The van der Waals surface area contributed by atoms with Gasteiger partial charge in [0, 0.05) is 16.8 Å². The van der Waals surface area contributed by atoms with Gasteiger partial charge in [-0.15, -0.1) is 11.3 Å². The number of furan rings is 1. The number of aliphatic hydroxyl groups excluding tert-OH is 1. The minimum atomic E-state index is -0.736. The topological polar surface area (TPSA) is 74.5 Å². The van der Waals surface area contributed by atoms with Crippen LogP contribution in [0.5, 0.6) is 0 Å². The van der Waals surface area contributed by atoms with Crippen molar-refractivity contribution in [2.75, 3.05) is 6.54 Å². The number of rotatable bonds is 6. The third kappa shape index (κ3) is 4.12. The molecule has 2 amide bonds. The van der Waals surface area contributed by atoms with Crippen LogP contribution in [0.25, 0.3) is 11.0 Å². The lowest BCUT2D eigenvalue weighted by Crippen LogP contribution is -2.35. The molecule has 0 spiro atoms. The van der Waals surface area contributed by atoms with Crippen LogP contribution in [0.2, 0.25) is 0 Å². The third-order valence-electron chi connectivity index (χ3n) is 3.48. The van der Waals surface area contributed by atoms with Crippen molar-refractivity contribution in [2.24, 2.45) is 0 Å². The van der Waals surface area contributed by atoms with Crippen molar-refractivity contribution in [3.05, 3.63) is 58.5 Å². The van der Waals surface area contributed by atoms with Crippen molar-refractivity contribution in [1.29, 1.82) is 0 Å². The van der Waals surface area contributed by atoms with Crippen LogP contribution in [0, 0.1) is 0 Å². The van der Waals surface area contributed by atoms with Crippen molar-refractivity contribution >= 4 is 28.3 Å². The molecule has 0 fully saturated rings. The summed E-state index contributed by atoms with van der Waals surface area (Å²) in [7, 11) is 0. The molecule has 3 rings (SSSR count). The van der Waals surface area contributed by atoms with Gasteiger partial charge in [0.2, 0.25) is 0 Å². The van der Waals surface area contributed by atoms with Gasteiger partial charge in [-0.05, 0) is 30.0 Å². The SMILES string of the molecule is O=C(NCCC(O)c1cc2ccccc2o1)NCc1cccs1. The van der Waals surface area contributed by atoms with Gasteiger partial charge < -0.3 is 20.2 Å². The van der Waals surface area contributed by atoms with E-state index in [0.29, 0.717) is 25.3 Å². The highest BCUT2D eigenvalue weighted by Crippen LogP contribution is 2.25. The van der Waals surface area contributed by atoms with E-state index in [1.165, 1.54) is 0 Å². The van der Waals surface area contributed by atoms with E-state index in [0.717, 1.165) is 15.8 Å². The van der Waals surface area contributed by atoms with Crippen molar-refractivity contribution in [3.8, 4) is 0 Å². The maximum absolute atomic E-state index is 11.7. The highest BCUT2D eigenvalue weighted by molar-refractivity contribution is 7.09. The zero-order valence-electron chi connectivity index (χ0n) is 12.5. The molecule has 0 bridgehead atoms. The molecule has 6 heteroatoms. The molecule has 0 saturated heterocycles. The largest absolute Gasteiger partial charge is 0.458 e. The van der Waals surface area contributed by atoms with E-state index >= 15 is 0 Å². The predicted octanol–water partition coefficient (Wildman–Crippen LogP) is 3.42. The Kier molecular flexibility index (Phi) is 4.95. The fraction of sp³-hybridized carbons (Fsp3) is 0.235. The van der Waals surface area contributed by atoms with Crippen LogP contribution in [0.1, 0.15) is 23.2 Å². The Morgan fingerprint density at radius 2 is 2.09 bits per heavy atom. The van der Waals surface area contributed by atoms with Gasteiger partial charge in [0.15, 0.2) is 0 Å². The summed E-state index contributed by atoms with van der Waals surface area (Å²) in [6.45, 7) is 0.879. The number of nitrogens with one attached hydrogen (secondary N) is 2. The molecule has 3 aromatic rings. The van der Waals surface area contributed by atoms with Crippen molar-refractivity contribution in [2.45, 2.75) is 19.1 Å². The first-order valence-corrected chi connectivity index (χ1v) is 8.31. The van der Waals surface area contributed by atoms with Gasteiger partial charge in [0.25, 0.3) is 0 Å². The maximum Gasteiger partial charge on any atom is 0.315 e. The normalized spacial score (nSPS) is 12.2. The number of carbonyl (C=O) groups is 1. The second-order valence-corrected chi connectivity index (χ2v) is 6.21. The molecule has 3 N–H and O–H groups in total. The quantitative estimate of drug-likeness (QED) is 0.648. The van der Waals surface area contributed by atoms with Gasteiger partial charge >= 0.3 is 6.03 Å². The minimum Gasteiger partial charge on any atom is -0.458 e. The number of urea groups is 1. The number of benzene rings is 1. The summed E-state index contributed by atoms with van der Waals surface area (Å²) in [5, 5.41) is 18.6. The van der Waals surface area contributed by atoms with E-state index in [-0.39, 0.29) is 6.03 Å². The lowest BCUT2D eigenvalue weighted by molar-refractivity contribution is 0.142. The Hall–Kier alpha value is -2.31. The molecule has 0 saturated carbocycles. The van der Waals surface area contributed by atoms with Crippen LogP contribution in [-0.2, 0) is 6.54 Å². The van der Waals surface area contributed by atoms with E-state index in [2.05, 4.69) is 10.6 Å². The van der Waals surface area contributed by atoms with Crippen LogP contribution in [0.4, 0.5) is 4.79 Å². The van der Waals surface area contributed by atoms with Gasteiger partial charge in [-0.1, -0.05) is 24.3 Å². The molecule has 120 valence electrons. The fourth-order valence-corrected chi connectivity index (χ4v) is 2.92. The summed E-state index contributed by atoms with van der Waals surface area (Å²) < 4.78 is 5.61. The van der Waals surface area contributed by atoms with Gasteiger partial charge in [0.1, 0.15) is 17.4 Å². The number of hydrogen-bond acceptors (Lipinski definition) is 4. The van der Waals surface area contributed by atoms with Gasteiger partial charge in [-0.25, -0.2) is 4.79 Å². The van der Waals surface area contributed by atoms with Gasteiger partial charge in [-0.3, -0.25) is 0 Å². The Morgan fingerprint density at radius 1 is 1.22 bits per heavy atom. The first-order valence-electron chi connectivity index (χ1n) is 7.43. The van der Waals surface area contributed by atoms with Crippen LogP contribution >= 0.6 is 11.3 Å². The Labute approximate surface area is 137 Å². The Bertz CT molecular complexity index is 734. The monoisotopic (exact) mass is 330 g/mol. The van der Waals surface area contributed by atoms with Gasteiger partial charge in [0.05, 0.1) is 6.54 Å². The summed E-state index contributed by atoms with van der Waals surface area (Å²) in [5.74, 6) is 0.520. The molecule has 0 radical (unpaired) electrons. The summed E-state index contributed by atoms with van der Waals surface area (Å²) in [5.41, 5.74) is 0.753. The number of fused-ring (bicyclic) bond motifs is 1. The number of hydrogen-bond donors (Lipinski definition) is 3. The highest BCUT2D eigenvalue weighted by Gasteiger charge is 2.13. The van der Waals surface area contributed by atoms with E-state index in [9.17, 15) is 9.90 Å². The molecule has 0 aliphatic heterocycles. The van der Waals surface area contributed by atoms with Gasteiger partial charge in [-0.2, -0.15) is 0 Å². The number of carbonyl (C=O) groups excluding carboxylic acids is 1. The lowest BCUT2D eigenvalue weighted by Gasteiger charge is -2.09. The number of amides is 2. The maximum atomic E-state index is 11.7. The average molecular weight is 330 g/mol. The molecule has 2 aromatic heterocycles. The smallest absolute Gasteiger partial charge is 0.315 e. The number of thiophene rings is 1. The third-order valence-corrected chi connectivity index (χ3v) is 4.36. The first kappa shape index (κ1) is 15.6. The summed E-state index contributed by atoms with van der Waals surface area (Å²) in [4.78, 5) is 12.8. The highest BCUT2D eigenvalue weighted by atomic mass is 32.1. The van der Waals surface area contributed by atoms with Crippen molar-refractivity contribution < 1.29 is 14.3 Å². The molecular weight excluding hydrogens is 312 g/mol. The molecule has 1 unspecified atom stereocenters. The van der Waals surface area contributed by atoms with Crippen molar-refractivity contribution in [1.82, 2.24) is 10.6 Å². The minimum absolute atomic E-state index is 0.241. The summed E-state index contributed by atoms with van der Waals surface area (Å²) in [6.07, 6.45) is -0.341. The molecular formula is C17H18N2O3S. The van der Waals surface area contributed by atoms with Crippen molar-refractivity contribution in [3.63, 3.8) is 0 Å². The standard InChI is InChI=1S/C17H18N2O3S/c20-14(16-10-12-4-1-2-6-15(12)22-16)7-8-18-17(21)19-11-13-5-3-9-23-13/h1-6,9-10,14,20H,7-8,11H2,(H2,18,19,21). The van der Waals surface area contributed by atoms with E-state index in [1.807, 2.05) is 47.8 Å². The Balaban J connectivity index is 1.43. The van der Waals surface area contributed by atoms with E-state index in [1.54, 1.807) is 11.3 Å². The molecule has 5 nitrogen and oxygen atoms in total. The van der Waals surface area contributed by atoms with Crippen LogP contribution in [0.3, 0.4) is 0 Å². The van der Waals surface area contributed by atoms with Crippen LogP contribution in [0.15, 0.2) is 52.3 Å². The second kappa shape index (κ2) is 7.30. The Morgan fingerprint density at radius 3 is 2.87 bits per heavy atom. The molecule has 1 aromatic carbocycles. The van der Waals surface area contributed by atoms with E-state index in [4.69, 9.17) is 4.42 Å². The van der Waals surface area contributed by atoms with Crippen LogP contribution in [-0.4, -0.2) is 17.7 Å². The predicted molar refractivity (Wildman–Crippen MR) is 90.3 cm³/mol. The summed E-state index contributed by atoms with van der Waals surface area (Å²) >= 11 is 1.60. The van der Waals surface area contributed by atoms with Crippen LogP contribution < -0.4 is 10.6 Å². The molecule has 23 heavy (non-hydrogen) atoms. The lowest BCUT2D eigenvalue weighted by atomic mass is 10.2. The summed E-state index contributed by atoms with van der Waals surface area (Å²) in [6, 6.07) is 13.1. The second-order valence-electron chi connectivity index (χ2n) is 5.18.